The summed E-state index contributed by atoms with van der Waals surface area (Å²) < 4.78 is 14.3. The van der Waals surface area contributed by atoms with Gasteiger partial charge in [0, 0.05) is 55.2 Å². The van der Waals surface area contributed by atoms with Crippen LogP contribution in [0.2, 0.25) is 0 Å². The number of aryl methyl sites for hydroxylation is 1. The molecule has 4 rings (SSSR count). The van der Waals surface area contributed by atoms with E-state index in [0.717, 1.165) is 0 Å². The fourth-order valence-corrected chi connectivity index (χ4v) is 3.32. The van der Waals surface area contributed by atoms with Crippen LogP contribution in [-0.2, 0) is 0 Å². The quantitative estimate of drug-likeness (QED) is 0.778. The Morgan fingerprint density at radius 3 is 2.56 bits per heavy atom. The summed E-state index contributed by atoms with van der Waals surface area (Å²) in [4.78, 5) is 28.4. The van der Waals surface area contributed by atoms with Crippen LogP contribution in [0.1, 0.15) is 16.1 Å². The average Bonchev–Trinajstić information content (AvgIpc) is 2.99. The fraction of sp³-hybridized carbons (Fsp3) is 0.278. The molecular weight excluding hydrogens is 321 g/mol. The van der Waals surface area contributed by atoms with Gasteiger partial charge in [0.25, 0.3) is 5.91 Å². The summed E-state index contributed by atoms with van der Waals surface area (Å²) in [6.07, 6.45) is 3.41. The number of piperazine rings is 1. The number of benzene rings is 1. The van der Waals surface area contributed by atoms with Crippen LogP contribution in [0.5, 0.6) is 0 Å². The Morgan fingerprint density at radius 1 is 1.12 bits per heavy atom. The number of carbonyl (C=O) groups is 1. The SMILES string of the molecule is Cc1[nH]c2cccc(F)c2c1C(=O)N1CCN(c2ncccn2)CC1. The number of anilines is 1. The molecule has 25 heavy (non-hydrogen) atoms. The predicted octanol–water partition coefficient (Wildman–Crippen LogP) is 2.37. The Labute approximate surface area is 144 Å². The number of halogens is 1. The van der Waals surface area contributed by atoms with E-state index in [0.29, 0.717) is 54.3 Å². The van der Waals surface area contributed by atoms with Crippen LogP contribution >= 0.6 is 0 Å². The Bertz CT molecular complexity index is 916. The lowest BCUT2D eigenvalue weighted by Crippen LogP contribution is -2.49. The molecule has 0 saturated carbocycles. The van der Waals surface area contributed by atoms with E-state index in [1.807, 2.05) is 4.90 Å². The zero-order valence-electron chi connectivity index (χ0n) is 13.9. The molecule has 0 unspecified atom stereocenters. The first-order chi connectivity index (χ1) is 12.1. The number of hydrogen-bond donors (Lipinski definition) is 1. The number of aromatic amines is 1. The molecule has 0 bridgehead atoms. The van der Waals surface area contributed by atoms with Gasteiger partial charge in [0.15, 0.2) is 0 Å². The third-order valence-corrected chi connectivity index (χ3v) is 4.58. The number of nitrogens with one attached hydrogen (secondary N) is 1. The first-order valence-electron chi connectivity index (χ1n) is 8.23. The molecule has 1 aromatic carbocycles. The zero-order chi connectivity index (χ0) is 17.4. The summed E-state index contributed by atoms with van der Waals surface area (Å²) in [7, 11) is 0. The number of fused-ring (bicyclic) bond motifs is 1. The molecule has 0 atom stereocenters. The van der Waals surface area contributed by atoms with Crippen molar-refractivity contribution in [2.24, 2.45) is 0 Å². The molecule has 6 nitrogen and oxygen atoms in total. The molecule has 3 aromatic rings. The number of amides is 1. The maximum Gasteiger partial charge on any atom is 0.256 e. The molecule has 7 heteroatoms. The number of H-pyrrole nitrogens is 1. The summed E-state index contributed by atoms with van der Waals surface area (Å²) in [6, 6.07) is 6.59. The minimum absolute atomic E-state index is 0.137. The van der Waals surface area contributed by atoms with Gasteiger partial charge in [0.1, 0.15) is 5.82 Å². The molecule has 1 aliphatic heterocycles. The van der Waals surface area contributed by atoms with E-state index >= 15 is 0 Å². The van der Waals surface area contributed by atoms with Crippen molar-refractivity contribution in [3.63, 3.8) is 0 Å². The van der Waals surface area contributed by atoms with Crippen molar-refractivity contribution < 1.29 is 9.18 Å². The summed E-state index contributed by atoms with van der Waals surface area (Å²) >= 11 is 0. The van der Waals surface area contributed by atoms with Gasteiger partial charge >= 0.3 is 0 Å². The summed E-state index contributed by atoms with van der Waals surface area (Å²) in [5.74, 6) is 0.160. The molecule has 128 valence electrons. The fourth-order valence-electron chi connectivity index (χ4n) is 3.32. The van der Waals surface area contributed by atoms with Gasteiger partial charge in [0.2, 0.25) is 5.95 Å². The molecule has 0 radical (unpaired) electrons. The monoisotopic (exact) mass is 339 g/mol. The Kier molecular flexibility index (Phi) is 3.83. The van der Waals surface area contributed by atoms with Crippen molar-refractivity contribution in [2.75, 3.05) is 31.1 Å². The van der Waals surface area contributed by atoms with E-state index in [4.69, 9.17) is 0 Å². The standard InChI is InChI=1S/C18H18FN5O/c1-12-15(16-13(19)4-2-5-14(16)22-12)17(25)23-8-10-24(11-9-23)18-20-6-3-7-21-18/h2-7,22H,8-11H2,1H3. The summed E-state index contributed by atoms with van der Waals surface area (Å²) in [5, 5.41) is 0.374. The van der Waals surface area contributed by atoms with E-state index < -0.39 is 0 Å². The molecule has 1 aliphatic rings. The number of rotatable bonds is 2. The minimum Gasteiger partial charge on any atom is -0.358 e. The highest BCUT2D eigenvalue weighted by molar-refractivity contribution is 6.08. The van der Waals surface area contributed by atoms with Crippen molar-refractivity contribution in [2.45, 2.75) is 6.92 Å². The smallest absolute Gasteiger partial charge is 0.256 e. The second-order valence-electron chi connectivity index (χ2n) is 6.12. The van der Waals surface area contributed by atoms with Gasteiger partial charge in [-0.2, -0.15) is 0 Å². The molecule has 0 aliphatic carbocycles. The van der Waals surface area contributed by atoms with Crippen LogP contribution in [0.25, 0.3) is 10.9 Å². The number of hydrogen-bond acceptors (Lipinski definition) is 4. The highest BCUT2D eigenvalue weighted by Gasteiger charge is 2.27. The predicted molar refractivity (Wildman–Crippen MR) is 93.1 cm³/mol. The normalized spacial score (nSPS) is 15.0. The van der Waals surface area contributed by atoms with E-state index in [1.54, 1.807) is 42.4 Å². The Morgan fingerprint density at radius 2 is 1.84 bits per heavy atom. The highest BCUT2D eigenvalue weighted by Crippen LogP contribution is 2.26. The molecule has 3 heterocycles. The number of aromatic nitrogens is 3. The van der Waals surface area contributed by atoms with Crippen LogP contribution in [-0.4, -0.2) is 51.9 Å². The lowest BCUT2D eigenvalue weighted by molar-refractivity contribution is 0.0747. The van der Waals surface area contributed by atoms with Gasteiger partial charge in [-0.1, -0.05) is 6.07 Å². The van der Waals surface area contributed by atoms with E-state index in [2.05, 4.69) is 15.0 Å². The molecule has 0 spiro atoms. The summed E-state index contributed by atoms with van der Waals surface area (Å²) in [6.45, 7) is 4.22. The third kappa shape index (κ3) is 2.71. The first-order valence-corrected chi connectivity index (χ1v) is 8.23. The molecule has 1 amide bonds. The highest BCUT2D eigenvalue weighted by atomic mass is 19.1. The first kappa shape index (κ1) is 15.6. The van der Waals surface area contributed by atoms with Gasteiger partial charge in [-0.3, -0.25) is 4.79 Å². The van der Waals surface area contributed by atoms with Crippen molar-refractivity contribution in [1.82, 2.24) is 19.9 Å². The molecule has 1 saturated heterocycles. The van der Waals surface area contributed by atoms with E-state index in [9.17, 15) is 9.18 Å². The maximum absolute atomic E-state index is 14.3. The minimum atomic E-state index is -0.374. The Balaban J connectivity index is 1.56. The lowest BCUT2D eigenvalue weighted by atomic mass is 10.1. The third-order valence-electron chi connectivity index (χ3n) is 4.58. The number of nitrogens with zero attached hydrogens (tertiary/aromatic N) is 4. The molecule has 1 N–H and O–H groups in total. The van der Waals surface area contributed by atoms with Crippen LogP contribution in [0.4, 0.5) is 10.3 Å². The van der Waals surface area contributed by atoms with Crippen LogP contribution in [0.15, 0.2) is 36.7 Å². The topological polar surface area (TPSA) is 65.1 Å². The van der Waals surface area contributed by atoms with Crippen LogP contribution in [0, 0.1) is 12.7 Å². The van der Waals surface area contributed by atoms with Gasteiger partial charge in [-0.15, -0.1) is 0 Å². The summed E-state index contributed by atoms with van der Waals surface area (Å²) in [5.41, 5.74) is 1.77. The van der Waals surface area contributed by atoms with Gasteiger partial charge in [0.05, 0.1) is 5.56 Å². The second kappa shape index (κ2) is 6.16. The Hall–Kier alpha value is -2.96. The molecular formula is C18H18FN5O. The number of carbonyl (C=O) groups excluding carboxylic acids is 1. The van der Waals surface area contributed by atoms with Crippen LogP contribution < -0.4 is 4.90 Å². The largest absolute Gasteiger partial charge is 0.358 e. The van der Waals surface area contributed by atoms with Crippen molar-refractivity contribution >= 4 is 22.8 Å². The van der Waals surface area contributed by atoms with Gasteiger partial charge < -0.3 is 14.8 Å². The maximum atomic E-state index is 14.3. The molecule has 2 aromatic heterocycles. The average molecular weight is 339 g/mol. The van der Waals surface area contributed by atoms with Crippen molar-refractivity contribution in [3.8, 4) is 0 Å². The van der Waals surface area contributed by atoms with Gasteiger partial charge in [-0.25, -0.2) is 14.4 Å². The lowest BCUT2D eigenvalue weighted by Gasteiger charge is -2.34. The van der Waals surface area contributed by atoms with Gasteiger partial charge in [-0.05, 0) is 25.1 Å². The van der Waals surface area contributed by atoms with Crippen molar-refractivity contribution in [1.29, 1.82) is 0 Å². The zero-order valence-corrected chi connectivity index (χ0v) is 13.9. The second-order valence-corrected chi connectivity index (χ2v) is 6.12. The van der Waals surface area contributed by atoms with E-state index in [-0.39, 0.29) is 11.7 Å². The molecule has 1 fully saturated rings. The van der Waals surface area contributed by atoms with Crippen molar-refractivity contribution in [3.05, 3.63) is 53.7 Å². The van der Waals surface area contributed by atoms with E-state index in [1.165, 1.54) is 6.07 Å². The van der Waals surface area contributed by atoms with Crippen LogP contribution in [0.3, 0.4) is 0 Å².